The van der Waals surface area contributed by atoms with Gasteiger partial charge >= 0.3 is 0 Å². The van der Waals surface area contributed by atoms with Crippen LogP contribution in [0, 0.1) is 5.82 Å². The van der Waals surface area contributed by atoms with Gasteiger partial charge in [0.1, 0.15) is 5.82 Å². The van der Waals surface area contributed by atoms with Gasteiger partial charge in [0.05, 0.1) is 13.0 Å². The van der Waals surface area contributed by atoms with Crippen LogP contribution in [0.3, 0.4) is 0 Å². The predicted molar refractivity (Wildman–Crippen MR) is 102 cm³/mol. The lowest BCUT2D eigenvalue weighted by molar-refractivity contribution is -0.120. The van der Waals surface area contributed by atoms with Crippen LogP contribution in [-0.2, 0) is 24.1 Å². The number of aryl methyl sites for hydroxylation is 2. The summed E-state index contributed by atoms with van der Waals surface area (Å²) in [5.41, 5.74) is 10.2. The van der Waals surface area contributed by atoms with E-state index in [9.17, 15) is 9.18 Å². The number of carbonyl (C=O) groups excluding carboxylic acids is 1. The normalized spacial score (nSPS) is 13.3. The van der Waals surface area contributed by atoms with E-state index in [0.717, 1.165) is 18.5 Å². The van der Waals surface area contributed by atoms with Crippen molar-refractivity contribution in [3.05, 3.63) is 65.0 Å². The van der Waals surface area contributed by atoms with Crippen LogP contribution in [0.15, 0.2) is 47.5 Å². The molecule has 136 valence electrons. The van der Waals surface area contributed by atoms with Crippen molar-refractivity contribution in [3.63, 3.8) is 0 Å². The van der Waals surface area contributed by atoms with Gasteiger partial charge in [0, 0.05) is 12.2 Å². The lowest BCUT2D eigenvalue weighted by Crippen LogP contribution is -2.29. The van der Waals surface area contributed by atoms with E-state index >= 15 is 0 Å². The van der Waals surface area contributed by atoms with E-state index in [1.165, 1.54) is 29.7 Å². The third-order valence-electron chi connectivity index (χ3n) is 4.34. The number of hydrogen-bond acceptors (Lipinski definition) is 2. The highest BCUT2D eigenvalue weighted by molar-refractivity contribution is 5.92. The van der Waals surface area contributed by atoms with E-state index in [-0.39, 0.29) is 18.1 Å². The van der Waals surface area contributed by atoms with Crippen molar-refractivity contribution < 1.29 is 9.18 Å². The molecule has 0 heterocycles. The number of halogens is 1. The predicted octanol–water partition coefficient (Wildman–Crippen LogP) is 2.40. The van der Waals surface area contributed by atoms with Crippen molar-refractivity contribution in [1.29, 1.82) is 0 Å². The molecule has 0 saturated heterocycles. The fourth-order valence-corrected chi connectivity index (χ4v) is 3.10. The Bertz CT molecular complexity index is 819. The second-order valence-electron chi connectivity index (χ2n) is 6.39. The summed E-state index contributed by atoms with van der Waals surface area (Å²) in [7, 11) is 0. The van der Waals surface area contributed by atoms with Crippen LogP contribution in [0.1, 0.15) is 23.1 Å². The first-order chi connectivity index (χ1) is 12.6. The number of fused-ring (bicyclic) bond motifs is 1. The van der Waals surface area contributed by atoms with E-state index in [4.69, 9.17) is 5.73 Å². The molecule has 0 aromatic heterocycles. The number of anilines is 1. The quantitative estimate of drug-likeness (QED) is 0.423. The third kappa shape index (κ3) is 5.05. The number of benzene rings is 2. The average Bonchev–Trinajstić information content (AvgIpc) is 3.06. The molecule has 0 fully saturated rings. The molecule has 0 radical (unpaired) electrons. The maximum Gasteiger partial charge on any atom is 0.224 e. The number of hydrogen-bond donors (Lipinski definition) is 3. The highest BCUT2D eigenvalue weighted by atomic mass is 19.1. The van der Waals surface area contributed by atoms with Gasteiger partial charge in [-0.05, 0) is 60.2 Å². The van der Waals surface area contributed by atoms with Crippen molar-refractivity contribution in [2.75, 3.05) is 18.4 Å². The van der Waals surface area contributed by atoms with E-state index < -0.39 is 0 Å². The molecule has 3 rings (SSSR count). The number of amides is 1. The molecule has 1 aliphatic rings. The minimum absolute atomic E-state index is 0.143. The van der Waals surface area contributed by atoms with Crippen molar-refractivity contribution >= 4 is 17.6 Å². The lowest BCUT2D eigenvalue weighted by Gasteiger charge is -2.08. The maximum atomic E-state index is 13.1. The molecule has 26 heavy (non-hydrogen) atoms. The fraction of sp³-hybridized carbons (Fsp3) is 0.300. The molecular weight excluding hydrogens is 331 g/mol. The van der Waals surface area contributed by atoms with E-state index in [0.29, 0.717) is 24.6 Å². The number of rotatable bonds is 6. The van der Waals surface area contributed by atoms with Crippen LogP contribution >= 0.6 is 0 Å². The fourth-order valence-electron chi connectivity index (χ4n) is 3.10. The molecule has 0 spiro atoms. The van der Waals surface area contributed by atoms with Crippen molar-refractivity contribution in [2.45, 2.75) is 25.7 Å². The Labute approximate surface area is 152 Å². The number of nitrogens with zero attached hydrogens (tertiary/aromatic N) is 1. The zero-order valence-corrected chi connectivity index (χ0v) is 14.6. The molecule has 6 heteroatoms. The number of nitrogens with one attached hydrogen (secondary N) is 2. The Kier molecular flexibility index (Phi) is 5.84. The molecule has 1 aliphatic carbocycles. The SMILES string of the molecule is NC(=NCCNC(=O)Cc1cccc(F)c1)Nc1ccc2c(c1)CCC2. The van der Waals surface area contributed by atoms with Gasteiger partial charge in [-0.1, -0.05) is 18.2 Å². The van der Waals surface area contributed by atoms with Gasteiger partial charge in [-0.3, -0.25) is 9.79 Å². The first-order valence-electron chi connectivity index (χ1n) is 8.80. The summed E-state index contributed by atoms with van der Waals surface area (Å²) in [4.78, 5) is 16.1. The summed E-state index contributed by atoms with van der Waals surface area (Å²) >= 11 is 0. The Morgan fingerprint density at radius 2 is 2.00 bits per heavy atom. The van der Waals surface area contributed by atoms with Crippen molar-refractivity contribution in [3.8, 4) is 0 Å². The van der Waals surface area contributed by atoms with Gasteiger partial charge in [0.2, 0.25) is 5.91 Å². The second kappa shape index (κ2) is 8.47. The minimum Gasteiger partial charge on any atom is -0.370 e. The van der Waals surface area contributed by atoms with Gasteiger partial charge in [0.15, 0.2) is 5.96 Å². The van der Waals surface area contributed by atoms with Gasteiger partial charge in [-0.25, -0.2) is 4.39 Å². The molecule has 2 aromatic carbocycles. The molecular formula is C20H23FN4O. The summed E-state index contributed by atoms with van der Waals surface area (Å²) in [6.07, 6.45) is 3.61. The van der Waals surface area contributed by atoms with Crippen molar-refractivity contribution in [2.24, 2.45) is 10.7 Å². The molecule has 0 aliphatic heterocycles. The maximum absolute atomic E-state index is 13.1. The average molecular weight is 354 g/mol. The Morgan fingerprint density at radius 1 is 1.15 bits per heavy atom. The monoisotopic (exact) mass is 354 g/mol. The zero-order chi connectivity index (χ0) is 18.4. The Hall–Kier alpha value is -2.89. The van der Waals surface area contributed by atoms with Crippen LogP contribution in [0.25, 0.3) is 0 Å². The molecule has 2 aromatic rings. The summed E-state index contributed by atoms with van der Waals surface area (Å²) in [5.74, 6) is -0.191. The highest BCUT2D eigenvalue weighted by Gasteiger charge is 2.10. The van der Waals surface area contributed by atoms with Gasteiger partial charge < -0.3 is 16.4 Å². The second-order valence-corrected chi connectivity index (χ2v) is 6.39. The highest BCUT2D eigenvalue weighted by Crippen LogP contribution is 2.24. The first kappa shape index (κ1) is 17.9. The van der Waals surface area contributed by atoms with Crippen LogP contribution in [-0.4, -0.2) is 25.0 Å². The largest absolute Gasteiger partial charge is 0.370 e. The molecule has 1 amide bonds. The standard InChI is InChI=1S/C20H23FN4O/c21-17-6-1-3-14(11-17)12-19(26)23-9-10-24-20(22)25-18-8-7-15-4-2-5-16(15)13-18/h1,3,6-8,11,13H,2,4-5,9-10,12H2,(H,23,26)(H3,22,24,25). The number of aliphatic imine (C=N–C) groups is 1. The van der Waals surface area contributed by atoms with Gasteiger partial charge in [0.25, 0.3) is 0 Å². The van der Waals surface area contributed by atoms with Gasteiger partial charge in [-0.2, -0.15) is 0 Å². The molecule has 5 nitrogen and oxygen atoms in total. The summed E-state index contributed by atoms with van der Waals surface area (Å²) in [6, 6.07) is 12.3. The molecule has 0 saturated carbocycles. The lowest BCUT2D eigenvalue weighted by atomic mass is 10.1. The molecule has 0 unspecified atom stereocenters. The summed E-state index contributed by atoms with van der Waals surface area (Å²) < 4.78 is 13.1. The van der Waals surface area contributed by atoms with Crippen LogP contribution in [0.2, 0.25) is 0 Å². The number of nitrogens with two attached hydrogens (primary N) is 1. The number of carbonyl (C=O) groups is 1. The van der Waals surface area contributed by atoms with Gasteiger partial charge in [-0.15, -0.1) is 0 Å². The van der Waals surface area contributed by atoms with Crippen molar-refractivity contribution in [1.82, 2.24) is 5.32 Å². The zero-order valence-electron chi connectivity index (χ0n) is 14.6. The smallest absolute Gasteiger partial charge is 0.224 e. The van der Waals surface area contributed by atoms with E-state index in [1.807, 2.05) is 6.07 Å². The molecule has 0 bridgehead atoms. The molecule has 0 atom stereocenters. The van der Waals surface area contributed by atoms with Crippen LogP contribution < -0.4 is 16.4 Å². The third-order valence-corrected chi connectivity index (χ3v) is 4.34. The minimum atomic E-state index is -0.342. The molecule has 4 N–H and O–H groups in total. The Balaban J connectivity index is 1.41. The number of guanidine groups is 1. The first-order valence-corrected chi connectivity index (χ1v) is 8.80. The van der Waals surface area contributed by atoms with Crippen LogP contribution in [0.4, 0.5) is 10.1 Å². The summed E-state index contributed by atoms with van der Waals surface area (Å²) in [6.45, 7) is 0.749. The summed E-state index contributed by atoms with van der Waals surface area (Å²) in [5, 5.41) is 5.83. The van der Waals surface area contributed by atoms with E-state index in [2.05, 4.69) is 27.8 Å². The topological polar surface area (TPSA) is 79.5 Å². The Morgan fingerprint density at radius 3 is 2.85 bits per heavy atom. The van der Waals surface area contributed by atoms with Crippen LogP contribution in [0.5, 0.6) is 0 Å². The van der Waals surface area contributed by atoms with E-state index in [1.54, 1.807) is 12.1 Å².